The summed E-state index contributed by atoms with van der Waals surface area (Å²) in [5.74, 6) is -0.618. The smallest absolute Gasteiger partial charge is 0.306 e. The number of carbonyl (C=O) groups excluding carboxylic acids is 1. The quantitative estimate of drug-likeness (QED) is 0.741. The maximum atomic E-state index is 11.4. The average Bonchev–Trinajstić information content (AvgIpc) is 2.50. The summed E-state index contributed by atoms with van der Waals surface area (Å²) in [5.41, 5.74) is 0. The molecule has 0 heterocycles. The first-order chi connectivity index (χ1) is 6.99. The fourth-order valence-corrected chi connectivity index (χ4v) is 1.99. The number of carboxylic acid groups (broad SMARTS) is 1. The molecule has 0 unspecified atom stereocenters. The molecular weight excluding hydrogens is 194 g/mol. The molecule has 4 nitrogen and oxygen atoms in total. The van der Waals surface area contributed by atoms with Crippen LogP contribution in [0.3, 0.4) is 0 Å². The second-order valence-corrected chi connectivity index (χ2v) is 4.71. The van der Waals surface area contributed by atoms with Crippen molar-refractivity contribution in [3.8, 4) is 0 Å². The van der Waals surface area contributed by atoms with Crippen LogP contribution in [0.2, 0.25) is 0 Å². The summed E-state index contributed by atoms with van der Waals surface area (Å²) >= 11 is 0. The monoisotopic (exact) mass is 213 g/mol. The van der Waals surface area contributed by atoms with Gasteiger partial charge < -0.3 is 10.4 Å². The molecular formula is C11H19NO3. The van der Waals surface area contributed by atoms with Gasteiger partial charge >= 0.3 is 5.97 Å². The number of aliphatic carboxylic acids is 1. The van der Waals surface area contributed by atoms with Gasteiger partial charge in [0.1, 0.15) is 0 Å². The van der Waals surface area contributed by atoms with E-state index in [1.165, 1.54) is 0 Å². The molecule has 2 N–H and O–H groups in total. The van der Waals surface area contributed by atoms with Crippen LogP contribution >= 0.6 is 0 Å². The van der Waals surface area contributed by atoms with Crippen molar-refractivity contribution in [2.75, 3.05) is 0 Å². The van der Waals surface area contributed by atoms with Crippen LogP contribution in [0.5, 0.6) is 0 Å². The maximum Gasteiger partial charge on any atom is 0.306 e. The number of carboxylic acids is 1. The van der Waals surface area contributed by atoms with Crippen LogP contribution < -0.4 is 5.32 Å². The Kier molecular flexibility index (Phi) is 4.12. The van der Waals surface area contributed by atoms with Crippen LogP contribution in [-0.4, -0.2) is 23.0 Å². The van der Waals surface area contributed by atoms with Crippen LogP contribution in [-0.2, 0) is 9.59 Å². The molecule has 1 aliphatic rings. The lowest BCUT2D eigenvalue weighted by Crippen LogP contribution is -2.33. The highest BCUT2D eigenvalue weighted by Gasteiger charge is 2.30. The van der Waals surface area contributed by atoms with E-state index in [2.05, 4.69) is 5.32 Å². The van der Waals surface area contributed by atoms with Gasteiger partial charge in [0.2, 0.25) is 5.91 Å². The predicted octanol–water partition coefficient (Wildman–Crippen LogP) is 1.40. The molecule has 0 saturated heterocycles. The van der Waals surface area contributed by atoms with Gasteiger partial charge in [0, 0.05) is 12.5 Å². The van der Waals surface area contributed by atoms with Gasteiger partial charge in [0.25, 0.3) is 0 Å². The number of hydrogen-bond acceptors (Lipinski definition) is 2. The van der Waals surface area contributed by atoms with Gasteiger partial charge in [0.05, 0.1) is 5.92 Å². The standard InChI is InChI=1S/C11H19NO3/c1-7(2)5-10(13)12-9-4-3-8(6-9)11(14)15/h7-9H,3-6H2,1-2H3,(H,12,13)(H,14,15)/t8-,9+/m0/s1. The number of nitrogens with one attached hydrogen (secondary N) is 1. The van der Waals surface area contributed by atoms with E-state index in [0.717, 1.165) is 6.42 Å². The highest BCUT2D eigenvalue weighted by molar-refractivity contribution is 5.77. The van der Waals surface area contributed by atoms with Crippen molar-refractivity contribution in [3.05, 3.63) is 0 Å². The van der Waals surface area contributed by atoms with Crippen LogP contribution in [0.1, 0.15) is 39.5 Å². The van der Waals surface area contributed by atoms with Gasteiger partial charge in [-0.1, -0.05) is 13.8 Å². The fraction of sp³-hybridized carbons (Fsp3) is 0.818. The number of carbonyl (C=O) groups is 2. The molecule has 1 amide bonds. The van der Waals surface area contributed by atoms with E-state index in [1.54, 1.807) is 0 Å². The van der Waals surface area contributed by atoms with Gasteiger partial charge in [-0.3, -0.25) is 9.59 Å². The number of rotatable bonds is 4. The normalized spacial score (nSPS) is 25.5. The van der Waals surface area contributed by atoms with Crippen LogP contribution in [0, 0.1) is 11.8 Å². The van der Waals surface area contributed by atoms with Crippen LogP contribution in [0.4, 0.5) is 0 Å². The topological polar surface area (TPSA) is 66.4 Å². The molecule has 0 aromatic rings. The van der Waals surface area contributed by atoms with Crippen molar-refractivity contribution in [3.63, 3.8) is 0 Å². The molecule has 0 radical (unpaired) electrons. The minimum absolute atomic E-state index is 0.0426. The van der Waals surface area contributed by atoms with Crippen molar-refractivity contribution in [1.82, 2.24) is 5.32 Å². The number of amides is 1. The molecule has 0 spiro atoms. The summed E-state index contributed by atoms with van der Waals surface area (Å²) < 4.78 is 0. The second kappa shape index (κ2) is 5.14. The Balaban J connectivity index is 2.30. The first-order valence-electron chi connectivity index (χ1n) is 5.51. The minimum atomic E-state index is -0.740. The van der Waals surface area contributed by atoms with E-state index in [-0.39, 0.29) is 17.9 Å². The summed E-state index contributed by atoms with van der Waals surface area (Å²) in [6.07, 6.45) is 2.58. The Labute approximate surface area is 90.0 Å². The molecule has 0 bridgehead atoms. The Morgan fingerprint density at radius 1 is 1.40 bits per heavy atom. The summed E-state index contributed by atoms with van der Waals surface area (Å²) in [6.45, 7) is 3.99. The van der Waals surface area contributed by atoms with Crippen LogP contribution in [0.25, 0.3) is 0 Å². The van der Waals surface area contributed by atoms with Crippen molar-refractivity contribution >= 4 is 11.9 Å². The SMILES string of the molecule is CC(C)CC(=O)N[C@@H]1CC[C@H](C(=O)O)C1. The van der Waals surface area contributed by atoms with Gasteiger partial charge in [-0.05, 0) is 25.2 Å². The molecule has 0 aromatic heterocycles. The van der Waals surface area contributed by atoms with E-state index >= 15 is 0 Å². The fourth-order valence-electron chi connectivity index (χ4n) is 1.99. The Bertz CT molecular complexity index is 250. The van der Waals surface area contributed by atoms with Crippen molar-refractivity contribution in [2.24, 2.45) is 11.8 Å². The largest absolute Gasteiger partial charge is 0.481 e. The first kappa shape index (κ1) is 12.0. The van der Waals surface area contributed by atoms with E-state index in [9.17, 15) is 9.59 Å². The summed E-state index contributed by atoms with van der Waals surface area (Å²) in [6, 6.07) is 0.0670. The maximum absolute atomic E-state index is 11.4. The van der Waals surface area contributed by atoms with Gasteiger partial charge in [-0.2, -0.15) is 0 Å². The molecule has 2 atom stereocenters. The zero-order chi connectivity index (χ0) is 11.4. The van der Waals surface area contributed by atoms with Gasteiger partial charge in [-0.25, -0.2) is 0 Å². The lowest BCUT2D eigenvalue weighted by atomic mass is 10.1. The molecule has 15 heavy (non-hydrogen) atoms. The zero-order valence-electron chi connectivity index (χ0n) is 9.32. The lowest BCUT2D eigenvalue weighted by molar-refractivity contribution is -0.141. The molecule has 86 valence electrons. The number of hydrogen-bond donors (Lipinski definition) is 2. The predicted molar refractivity (Wildman–Crippen MR) is 56.4 cm³/mol. The second-order valence-electron chi connectivity index (χ2n) is 4.71. The van der Waals surface area contributed by atoms with E-state index in [0.29, 0.717) is 25.2 Å². The first-order valence-corrected chi connectivity index (χ1v) is 5.51. The highest BCUT2D eigenvalue weighted by atomic mass is 16.4. The molecule has 1 fully saturated rings. The molecule has 1 saturated carbocycles. The Hall–Kier alpha value is -1.06. The minimum Gasteiger partial charge on any atom is -0.481 e. The van der Waals surface area contributed by atoms with Crippen molar-refractivity contribution in [1.29, 1.82) is 0 Å². The summed E-state index contributed by atoms with van der Waals surface area (Å²) in [5, 5.41) is 11.7. The molecule has 1 aliphatic carbocycles. The zero-order valence-corrected chi connectivity index (χ0v) is 9.32. The van der Waals surface area contributed by atoms with E-state index < -0.39 is 5.97 Å². The van der Waals surface area contributed by atoms with E-state index in [4.69, 9.17) is 5.11 Å². The van der Waals surface area contributed by atoms with Crippen molar-refractivity contribution < 1.29 is 14.7 Å². The molecule has 0 aromatic carbocycles. The Morgan fingerprint density at radius 2 is 2.07 bits per heavy atom. The van der Waals surface area contributed by atoms with Crippen LogP contribution in [0.15, 0.2) is 0 Å². The lowest BCUT2D eigenvalue weighted by Gasteiger charge is -2.13. The highest BCUT2D eigenvalue weighted by Crippen LogP contribution is 2.25. The third kappa shape index (κ3) is 3.90. The van der Waals surface area contributed by atoms with Gasteiger partial charge in [0.15, 0.2) is 0 Å². The third-order valence-corrected chi connectivity index (χ3v) is 2.74. The average molecular weight is 213 g/mol. The third-order valence-electron chi connectivity index (χ3n) is 2.74. The van der Waals surface area contributed by atoms with E-state index in [1.807, 2.05) is 13.8 Å². The summed E-state index contributed by atoms with van der Waals surface area (Å²) in [7, 11) is 0. The Morgan fingerprint density at radius 3 is 2.53 bits per heavy atom. The van der Waals surface area contributed by atoms with Gasteiger partial charge in [-0.15, -0.1) is 0 Å². The molecule has 4 heteroatoms. The molecule has 0 aliphatic heterocycles. The molecule has 1 rings (SSSR count). The summed E-state index contributed by atoms with van der Waals surface area (Å²) in [4.78, 5) is 22.1. The van der Waals surface area contributed by atoms with Crippen molar-refractivity contribution in [2.45, 2.75) is 45.6 Å².